The molecule has 7 heteroatoms. The van der Waals surface area contributed by atoms with E-state index in [2.05, 4.69) is 5.32 Å². The summed E-state index contributed by atoms with van der Waals surface area (Å²) in [7, 11) is 0. The van der Waals surface area contributed by atoms with Gasteiger partial charge in [0.1, 0.15) is 0 Å². The van der Waals surface area contributed by atoms with E-state index in [9.17, 15) is 19.5 Å². The van der Waals surface area contributed by atoms with Crippen molar-refractivity contribution in [1.29, 1.82) is 0 Å². The molecule has 0 amide bonds. The van der Waals surface area contributed by atoms with Gasteiger partial charge in [0.25, 0.3) is 0 Å². The molecule has 0 fully saturated rings. The van der Waals surface area contributed by atoms with Gasteiger partial charge in [0.2, 0.25) is 0 Å². The van der Waals surface area contributed by atoms with Gasteiger partial charge in [0.05, 0.1) is 18.4 Å². The molecular formula is C10H12KNO5. The van der Waals surface area contributed by atoms with Crippen LogP contribution in [-0.4, -0.2) is 28.9 Å². The van der Waals surface area contributed by atoms with Gasteiger partial charge < -0.3 is 20.3 Å². The maximum atomic E-state index is 11.1. The quantitative estimate of drug-likeness (QED) is 0.488. The Kier molecular flexibility index (Phi) is 7.89. The Bertz CT molecular complexity index is 353. The van der Waals surface area contributed by atoms with Gasteiger partial charge in [-0.05, 0) is 12.8 Å². The Morgan fingerprint density at radius 1 is 1.47 bits per heavy atom. The molecule has 6 nitrogen and oxygen atoms in total. The molecule has 17 heavy (non-hydrogen) atoms. The van der Waals surface area contributed by atoms with Crippen LogP contribution in [0.25, 0.3) is 0 Å². The van der Waals surface area contributed by atoms with Crippen LogP contribution in [0.2, 0.25) is 0 Å². The summed E-state index contributed by atoms with van der Waals surface area (Å²) in [4.78, 5) is 32.1. The minimum atomic E-state index is -1.48. The van der Waals surface area contributed by atoms with Crippen molar-refractivity contribution < 1.29 is 76.0 Å². The third-order valence-corrected chi connectivity index (χ3v) is 2.23. The second-order valence-corrected chi connectivity index (χ2v) is 3.60. The van der Waals surface area contributed by atoms with Gasteiger partial charge in [0.15, 0.2) is 5.78 Å². The maximum absolute atomic E-state index is 11.1. The zero-order chi connectivity index (χ0) is 12.1. The van der Waals surface area contributed by atoms with E-state index in [1.807, 2.05) is 0 Å². The van der Waals surface area contributed by atoms with Crippen molar-refractivity contribution in [3.8, 4) is 0 Å². The van der Waals surface area contributed by atoms with Gasteiger partial charge >= 0.3 is 57.4 Å². The number of ketones is 1. The van der Waals surface area contributed by atoms with E-state index in [0.29, 0.717) is 25.0 Å². The van der Waals surface area contributed by atoms with Crippen molar-refractivity contribution in [1.82, 2.24) is 5.32 Å². The van der Waals surface area contributed by atoms with Crippen LogP contribution in [0.4, 0.5) is 0 Å². The number of nitrogens with one attached hydrogen (secondary N) is 1. The van der Waals surface area contributed by atoms with Crippen molar-refractivity contribution in [2.75, 3.05) is 0 Å². The van der Waals surface area contributed by atoms with Crippen LogP contribution < -0.4 is 61.8 Å². The fourth-order valence-electron chi connectivity index (χ4n) is 1.50. The van der Waals surface area contributed by atoms with Crippen LogP contribution in [0.5, 0.6) is 0 Å². The van der Waals surface area contributed by atoms with Crippen LogP contribution in [-0.2, 0) is 14.4 Å². The van der Waals surface area contributed by atoms with Crippen molar-refractivity contribution in [3.05, 3.63) is 11.8 Å². The normalized spacial score (nSPS) is 16.5. The van der Waals surface area contributed by atoms with E-state index >= 15 is 0 Å². The minimum absolute atomic E-state index is 0. The van der Waals surface area contributed by atoms with E-state index in [1.165, 1.54) is 6.08 Å². The van der Waals surface area contributed by atoms with E-state index in [0.717, 1.165) is 0 Å². The molecule has 0 heterocycles. The molecule has 0 spiro atoms. The molecule has 0 aromatic rings. The molecule has 0 bridgehead atoms. The first kappa shape index (κ1) is 16.8. The first-order valence-corrected chi connectivity index (χ1v) is 4.91. The number of carboxylic acid groups (broad SMARTS) is 2. The molecule has 1 aliphatic carbocycles. The van der Waals surface area contributed by atoms with Crippen molar-refractivity contribution >= 4 is 17.7 Å². The fraction of sp³-hybridized carbons (Fsp3) is 0.500. The van der Waals surface area contributed by atoms with Crippen LogP contribution in [0, 0.1) is 0 Å². The number of hydrogen-bond donors (Lipinski definition) is 2. The number of hydrogen-bond acceptors (Lipinski definition) is 5. The Morgan fingerprint density at radius 2 is 2.12 bits per heavy atom. The molecule has 0 saturated heterocycles. The summed E-state index contributed by atoms with van der Waals surface area (Å²) in [5, 5.41) is 21.7. The maximum Gasteiger partial charge on any atom is 1.00 e. The monoisotopic (exact) mass is 265 g/mol. The first-order valence-electron chi connectivity index (χ1n) is 4.91. The van der Waals surface area contributed by atoms with Gasteiger partial charge in [-0.3, -0.25) is 9.59 Å². The van der Waals surface area contributed by atoms with E-state index in [4.69, 9.17) is 5.11 Å². The molecule has 0 unspecified atom stereocenters. The predicted molar refractivity (Wildman–Crippen MR) is 51.1 cm³/mol. The molecule has 0 aromatic carbocycles. The molecule has 1 rings (SSSR count). The topological polar surface area (TPSA) is 107 Å². The van der Waals surface area contributed by atoms with E-state index in [-0.39, 0.29) is 57.2 Å². The van der Waals surface area contributed by atoms with Gasteiger partial charge in [-0.15, -0.1) is 0 Å². The number of carbonyl (C=O) groups is 3. The van der Waals surface area contributed by atoms with Crippen molar-refractivity contribution in [3.63, 3.8) is 0 Å². The summed E-state index contributed by atoms with van der Waals surface area (Å²) in [6, 6.07) is -1.30. The van der Waals surface area contributed by atoms with Crippen LogP contribution >= 0.6 is 0 Å². The summed E-state index contributed by atoms with van der Waals surface area (Å²) < 4.78 is 0. The number of carbonyl (C=O) groups excluding carboxylic acids is 2. The van der Waals surface area contributed by atoms with Gasteiger partial charge in [-0.25, -0.2) is 0 Å². The van der Waals surface area contributed by atoms with E-state index in [1.54, 1.807) is 0 Å². The van der Waals surface area contributed by atoms with Crippen LogP contribution in [0.3, 0.4) is 0 Å². The van der Waals surface area contributed by atoms with Gasteiger partial charge in [-0.1, -0.05) is 0 Å². The molecule has 2 N–H and O–H groups in total. The largest absolute Gasteiger partial charge is 1.00 e. The zero-order valence-electron chi connectivity index (χ0n) is 9.56. The summed E-state index contributed by atoms with van der Waals surface area (Å²) >= 11 is 0. The number of rotatable bonds is 5. The minimum Gasteiger partial charge on any atom is -0.548 e. The second-order valence-electron chi connectivity index (χ2n) is 3.60. The van der Waals surface area contributed by atoms with Crippen molar-refractivity contribution in [2.45, 2.75) is 31.7 Å². The van der Waals surface area contributed by atoms with Gasteiger partial charge in [0, 0.05) is 18.2 Å². The second kappa shape index (κ2) is 7.99. The first-order chi connectivity index (χ1) is 7.49. The zero-order valence-corrected chi connectivity index (χ0v) is 12.7. The molecule has 1 atom stereocenters. The molecule has 0 aliphatic heterocycles. The van der Waals surface area contributed by atoms with Crippen molar-refractivity contribution in [2.24, 2.45) is 0 Å². The van der Waals surface area contributed by atoms with Gasteiger partial charge in [-0.2, -0.15) is 0 Å². The Balaban J connectivity index is 0.00000256. The molecule has 88 valence electrons. The summed E-state index contributed by atoms with van der Waals surface area (Å²) in [5.41, 5.74) is 0.465. The molecule has 0 radical (unpaired) electrons. The Morgan fingerprint density at radius 3 is 2.59 bits per heavy atom. The molecular weight excluding hydrogens is 253 g/mol. The summed E-state index contributed by atoms with van der Waals surface area (Å²) in [6.07, 6.45) is 2.38. The average Bonchev–Trinajstić information content (AvgIpc) is 2.15. The third kappa shape index (κ3) is 6.32. The average molecular weight is 265 g/mol. The molecule has 0 saturated carbocycles. The molecule has 1 aliphatic rings. The fourth-order valence-corrected chi connectivity index (χ4v) is 1.50. The number of aliphatic carboxylic acids is 2. The number of allylic oxidation sites excluding steroid dienone is 2. The van der Waals surface area contributed by atoms with E-state index < -0.39 is 24.4 Å². The smallest absolute Gasteiger partial charge is 0.548 e. The van der Waals surface area contributed by atoms with Crippen LogP contribution in [0.1, 0.15) is 25.7 Å². The summed E-state index contributed by atoms with van der Waals surface area (Å²) in [6.45, 7) is 0. The molecule has 0 aromatic heterocycles. The summed E-state index contributed by atoms with van der Waals surface area (Å²) in [5.74, 6) is -2.80. The third-order valence-electron chi connectivity index (χ3n) is 2.23. The predicted octanol–water partition coefficient (Wildman–Crippen LogP) is -4.19. The SMILES string of the molecule is O=C(O)C[C@H](NC1=CC(=O)CCC1)C(=O)[O-].[K+]. The number of carboxylic acids is 2. The standard InChI is InChI=1S/C10H13NO5.K/c12-7-3-1-2-6(4-7)11-8(10(15)16)5-9(13)14;/h4,8,11H,1-3,5H2,(H,13,14)(H,15,16);/q;+1/p-1/t8-;/m0./s1. The Labute approximate surface area is 141 Å². The van der Waals surface area contributed by atoms with Crippen LogP contribution in [0.15, 0.2) is 11.8 Å². The Hall–Kier alpha value is -0.214.